The third-order valence-electron chi connectivity index (χ3n) is 3.89. The van der Waals surface area contributed by atoms with Crippen LogP contribution < -0.4 is 10.6 Å². The molecule has 4 aromatic rings. The number of fused-ring (bicyclic) bond motifs is 2. The van der Waals surface area contributed by atoms with Gasteiger partial charge in [-0.2, -0.15) is 0 Å². The number of carbonyl (C=O) groups excluding carboxylic acids is 1. The Hall–Kier alpha value is -2.44. The van der Waals surface area contributed by atoms with Crippen molar-refractivity contribution in [2.75, 3.05) is 5.32 Å². The number of nitrogens with zero attached hydrogens (tertiary/aromatic N) is 1. The normalized spacial score (nSPS) is 10.9. The van der Waals surface area contributed by atoms with Crippen molar-refractivity contribution in [3.63, 3.8) is 0 Å². The molecule has 0 radical (unpaired) electrons. The summed E-state index contributed by atoms with van der Waals surface area (Å²) < 4.78 is 2.02. The van der Waals surface area contributed by atoms with E-state index >= 15 is 0 Å². The van der Waals surface area contributed by atoms with Crippen molar-refractivity contribution in [3.05, 3.63) is 70.7 Å². The zero-order valence-corrected chi connectivity index (χ0v) is 15.5. The maximum atomic E-state index is 12.2. The fourth-order valence-electron chi connectivity index (χ4n) is 2.72. The summed E-state index contributed by atoms with van der Waals surface area (Å²) in [6, 6.07) is 19.8. The maximum absolute atomic E-state index is 12.2. The molecule has 1 heterocycles. The summed E-state index contributed by atoms with van der Waals surface area (Å²) >= 11 is 4.89. The van der Waals surface area contributed by atoms with Crippen LogP contribution in [0.1, 0.15) is 5.56 Å². The van der Waals surface area contributed by atoms with Gasteiger partial charge in [-0.25, -0.2) is 9.78 Å². The number of aromatic nitrogens is 1. The summed E-state index contributed by atoms with van der Waals surface area (Å²) in [4.78, 5) is 16.6. The highest BCUT2D eigenvalue weighted by molar-refractivity contribution is 9.10. The molecule has 25 heavy (non-hydrogen) atoms. The van der Waals surface area contributed by atoms with Crippen LogP contribution in [-0.4, -0.2) is 11.0 Å². The van der Waals surface area contributed by atoms with Crippen LogP contribution in [0.4, 0.5) is 9.93 Å². The molecule has 6 heteroatoms. The Morgan fingerprint density at radius 3 is 2.84 bits per heavy atom. The minimum atomic E-state index is -0.258. The van der Waals surface area contributed by atoms with Crippen molar-refractivity contribution in [2.45, 2.75) is 6.54 Å². The van der Waals surface area contributed by atoms with Crippen LogP contribution in [0.15, 0.2) is 65.1 Å². The number of carbonyl (C=O) groups is 1. The molecule has 0 aliphatic carbocycles. The van der Waals surface area contributed by atoms with Crippen molar-refractivity contribution < 1.29 is 4.79 Å². The molecule has 0 bridgehead atoms. The lowest BCUT2D eigenvalue weighted by Crippen LogP contribution is -2.28. The quantitative estimate of drug-likeness (QED) is 0.465. The van der Waals surface area contributed by atoms with Crippen LogP contribution >= 0.6 is 27.3 Å². The Morgan fingerprint density at radius 2 is 1.92 bits per heavy atom. The molecule has 0 atom stereocenters. The lowest BCUT2D eigenvalue weighted by molar-refractivity contribution is 0.252. The first kappa shape index (κ1) is 16.1. The van der Waals surface area contributed by atoms with E-state index in [0.29, 0.717) is 11.7 Å². The molecule has 0 spiro atoms. The van der Waals surface area contributed by atoms with Gasteiger partial charge in [-0.3, -0.25) is 5.32 Å². The van der Waals surface area contributed by atoms with Crippen LogP contribution in [0.25, 0.3) is 21.0 Å². The molecule has 1 aromatic heterocycles. The largest absolute Gasteiger partial charge is 0.334 e. The average molecular weight is 412 g/mol. The number of hydrogen-bond acceptors (Lipinski definition) is 3. The van der Waals surface area contributed by atoms with E-state index in [4.69, 9.17) is 0 Å². The third kappa shape index (κ3) is 3.50. The second kappa shape index (κ2) is 6.82. The molecule has 0 unspecified atom stereocenters. The second-order valence-electron chi connectivity index (χ2n) is 5.58. The maximum Gasteiger partial charge on any atom is 0.321 e. The van der Waals surface area contributed by atoms with Crippen LogP contribution in [-0.2, 0) is 6.54 Å². The van der Waals surface area contributed by atoms with Gasteiger partial charge in [0.25, 0.3) is 0 Å². The minimum Gasteiger partial charge on any atom is -0.334 e. The number of anilines is 1. The number of amides is 2. The van der Waals surface area contributed by atoms with Gasteiger partial charge in [0.1, 0.15) is 0 Å². The number of urea groups is 1. The Kier molecular flexibility index (Phi) is 4.38. The monoisotopic (exact) mass is 411 g/mol. The predicted octanol–water partition coefficient (Wildman–Crippen LogP) is 5.53. The Labute approximate surface area is 157 Å². The summed E-state index contributed by atoms with van der Waals surface area (Å²) in [6.07, 6.45) is 0. The van der Waals surface area contributed by atoms with E-state index in [-0.39, 0.29) is 6.03 Å². The molecular formula is C19H14BrN3OS. The van der Waals surface area contributed by atoms with Crippen LogP contribution in [0.3, 0.4) is 0 Å². The number of benzene rings is 3. The van der Waals surface area contributed by atoms with Crippen molar-refractivity contribution >= 4 is 59.4 Å². The Bertz CT molecular complexity index is 1070. The molecule has 0 saturated carbocycles. The van der Waals surface area contributed by atoms with Crippen LogP contribution in [0, 0.1) is 0 Å². The van der Waals surface area contributed by atoms with Crippen LogP contribution in [0.2, 0.25) is 0 Å². The summed E-state index contributed by atoms with van der Waals surface area (Å²) in [5.74, 6) is 0. The van der Waals surface area contributed by atoms with Gasteiger partial charge >= 0.3 is 6.03 Å². The Morgan fingerprint density at radius 1 is 1.08 bits per heavy atom. The lowest BCUT2D eigenvalue weighted by Gasteiger charge is -2.08. The van der Waals surface area contributed by atoms with E-state index in [1.807, 2.05) is 42.5 Å². The van der Waals surface area contributed by atoms with E-state index in [1.54, 1.807) is 0 Å². The SMILES string of the molecule is O=C(NCc1cccc2ccccc12)Nc1nc2ccc(Br)cc2s1. The lowest BCUT2D eigenvalue weighted by atomic mass is 10.0. The molecule has 4 nitrogen and oxygen atoms in total. The summed E-state index contributed by atoms with van der Waals surface area (Å²) in [5.41, 5.74) is 1.96. The topological polar surface area (TPSA) is 54.0 Å². The van der Waals surface area contributed by atoms with Gasteiger partial charge in [-0.05, 0) is 34.5 Å². The molecule has 0 aliphatic heterocycles. The van der Waals surface area contributed by atoms with Gasteiger partial charge < -0.3 is 5.32 Å². The molecule has 2 amide bonds. The highest BCUT2D eigenvalue weighted by Crippen LogP contribution is 2.28. The number of hydrogen-bond donors (Lipinski definition) is 2. The van der Waals surface area contributed by atoms with Gasteiger partial charge in [0.2, 0.25) is 0 Å². The zero-order valence-electron chi connectivity index (χ0n) is 13.1. The highest BCUT2D eigenvalue weighted by Gasteiger charge is 2.08. The number of nitrogens with one attached hydrogen (secondary N) is 2. The molecule has 0 fully saturated rings. The van der Waals surface area contributed by atoms with E-state index < -0.39 is 0 Å². The van der Waals surface area contributed by atoms with E-state index in [2.05, 4.69) is 49.7 Å². The standard InChI is InChI=1S/C19H14BrN3OS/c20-14-8-9-16-17(10-14)25-19(22-16)23-18(24)21-11-13-6-3-5-12-4-1-2-7-15(12)13/h1-10H,11H2,(H2,21,22,23,24). The fraction of sp³-hybridized carbons (Fsp3) is 0.0526. The van der Waals surface area contributed by atoms with E-state index in [0.717, 1.165) is 25.6 Å². The van der Waals surface area contributed by atoms with Crippen molar-refractivity contribution in [2.24, 2.45) is 0 Å². The highest BCUT2D eigenvalue weighted by atomic mass is 79.9. The first-order valence-electron chi connectivity index (χ1n) is 7.77. The fourth-order valence-corrected chi connectivity index (χ4v) is 4.13. The first-order valence-corrected chi connectivity index (χ1v) is 9.37. The third-order valence-corrected chi connectivity index (χ3v) is 5.32. The molecular weight excluding hydrogens is 398 g/mol. The van der Waals surface area contributed by atoms with Gasteiger partial charge in [0, 0.05) is 11.0 Å². The molecule has 0 aliphatic rings. The van der Waals surface area contributed by atoms with Crippen molar-refractivity contribution in [3.8, 4) is 0 Å². The van der Waals surface area contributed by atoms with Gasteiger partial charge in [0.05, 0.1) is 10.2 Å². The average Bonchev–Trinajstić information content (AvgIpc) is 3.01. The predicted molar refractivity (Wildman–Crippen MR) is 107 cm³/mol. The zero-order chi connectivity index (χ0) is 17.2. The summed E-state index contributed by atoms with van der Waals surface area (Å²) in [6.45, 7) is 0.462. The van der Waals surface area contributed by atoms with Gasteiger partial charge in [0.15, 0.2) is 5.13 Å². The van der Waals surface area contributed by atoms with Gasteiger partial charge in [-0.15, -0.1) is 0 Å². The summed E-state index contributed by atoms with van der Waals surface area (Å²) in [7, 11) is 0. The van der Waals surface area contributed by atoms with E-state index in [9.17, 15) is 4.79 Å². The second-order valence-corrected chi connectivity index (χ2v) is 7.52. The molecule has 4 rings (SSSR count). The van der Waals surface area contributed by atoms with Gasteiger partial charge in [-0.1, -0.05) is 69.7 Å². The van der Waals surface area contributed by atoms with Crippen molar-refractivity contribution in [1.29, 1.82) is 0 Å². The number of halogens is 1. The summed E-state index contributed by atoms with van der Waals surface area (Å²) in [5, 5.41) is 8.61. The first-order chi connectivity index (χ1) is 12.2. The van der Waals surface area contributed by atoms with Crippen molar-refractivity contribution in [1.82, 2.24) is 10.3 Å². The molecule has 124 valence electrons. The number of rotatable bonds is 3. The molecule has 3 aromatic carbocycles. The minimum absolute atomic E-state index is 0.258. The Balaban J connectivity index is 1.46. The smallest absolute Gasteiger partial charge is 0.321 e. The molecule has 0 saturated heterocycles. The van der Waals surface area contributed by atoms with E-state index in [1.165, 1.54) is 16.7 Å². The van der Waals surface area contributed by atoms with Crippen LogP contribution in [0.5, 0.6) is 0 Å². The molecule has 2 N–H and O–H groups in total. The number of thiazole rings is 1.